The van der Waals surface area contributed by atoms with Crippen LogP contribution in [-0.2, 0) is 0 Å². The highest BCUT2D eigenvalue weighted by Gasteiger charge is 2.42. The van der Waals surface area contributed by atoms with E-state index < -0.39 is 0 Å². The zero-order chi connectivity index (χ0) is 68.3. The topological polar surface area (TPSA) is 0 Å². The second-order valence-corrected chi connectivity index (χ2v) is 39.5. The largest absolute Gasteiger partial charge is 0.0654 e. The molecule has 0 aromatic heterocycles. The molecule has 0 saturated heterocycles. The molecule has 12 aliphatic rings. The molecule has 4 bridgehead atoms. The van der Waals surface area contributed by atoms with Gasteiger partial charge in [-0.2, -0.15) is 0 Å². The lowest BCUT2D eigenvalue weighted by Gasteiger charge is -2.49. The van der Waals surface area contributed by atoms with E-state index in [4.69, 9.17) is 0 Å². The highest BCUT2D eigenvalue weighted by Crippen LogP contribution is 2.51. The van der Waals surface area contributed by atoms with Gasteiger partial charge in [0.15, 0.2) is 0 Å². The van der Waals surface area contributed by atoms with Crippen LogP contribution in [0.5, 0.6) is 0 Å². The van der Waals surface area contributed by atoms with Crippen LogP contribution in [0, 0.1) is 122 Å². The molecule has 544 valence electrons. The summed E-state index contributed by atoms with van der Waals surface area (Å²) in [6, 6.07) is 0. The van der Waals surface area contributed by atoms with Crippen LogP contribution in [0.2, 0.25) is 0 Å². The van der Waals surface area contributed by atoms with E-state index >= 15 is 0 Å². The Hall–Kier alpha value is 0. The van der Waals surface area contributed by atoms with Gasteiger partial charge in [-0.25, -0.2) is 0 Å². The normalized spacial score (nSPS) is 32.4. The number of hydrogen-bond acceptors (Lipinski definition) is 0. The van der Waals surface area contributed by atoms with Crippen molar-refractivity contribution in [3.63, 3.8) is 0 Å². The third-order valence-electron chi connectivity index (χ3n) is 28.9. The lowest BCUT2D eigenvalue weighted by atomic mass is 9.56. The molecule has 0 heteroatoms. The van der Waals surface area contributed by atoms with Crippen molar-refractivity contribution >= 4 is 0 Å². The number of rotatable bonds is 5. The molecule has 0 aromatic carbocycles. The minimum absolute atomic E-state index is 0.375. The van der Waals surface area contributed by atoms with Crippen molar-refractivity contribution in [3.8, 4) is 0 Å². The zero-order valence-corrected chi connectivity index (χ0v) is 68.3. The number of hydrogen-bond donors (Lipinski definition) is 0. The molecule has 0 radical (unpaired) electrons. The van der Waals surface area contributed by atoms with Crippen molar-refractivity contribution in [2.75, 3.05) is 0 Å². The molecular weight excluding hydrogens is 1090 g/mol. The Kier molecular flexibility index (Phi) is 44.4. The van der Waals surface area contributed by atoms with E-state index in [9.17, 15) is 0 Å². The van der Waals surface area contributed by atoms with Gasteiger partial charge in [0.05, 0.1) is 0 Å². The summed E-state index contributed by atoms with van der Waals surface area (Å²) >= 11 is 0. The molecule has 4 unspecified atom stereocenters. The fourth-order valence-corrected chi connectivity index (χ4v) is 19.0. The Labute approximate surface area is 580 Å². The molecule has 91 heavy (non-hydrogen) atoms. The Bertz CT molecular complexity index is 1580. The Morgan fingerprint density at radius 1 is 0.352 bits per heavy atom. The molecule has 12 aliphatic carbocycles. The van der Waals surface area contributed by atoms with Gasteiger partial charge in [-0.3, -0.25) is 0 Å². The number of fused-ring (bicyclic) bond motifs is 4. The third kappa shape index (κ3) is 37.1. The van der Waals surface area contributed by atoms with Crippen LogP contribution in [0.1, 0.15) is 462 Å². The van der Waals surface area contributed by atoms with Crippen molar-refractivity contribution < 1.29 is 0 Å². The monoisotopic (exact) mass is 1270 g/mol. The van der Waals surface area contributed by atoms with E-state index in [-0.39, 0.29) is 0 Å². The van der Waals surface area contributed by atoms with Crippen LogP contribution in [-0.4, -0.2) is 0 Å². The first kappa shape index (κ1) is 87.1. The maximum absolute atomic E-state index is 2.44. The van der Waals surface area contributed by atoms with Crippen LogP contribution >= 0.6 is 0 Å². The average molecular weight is 1270 g/mol. The van der Waals surface area contributed by atoms with Crippen molar-refractivity contribution in [3.05, 3.63) is 0 Å². The minimum Gasteiger partial charge on any atom is -0.0654 e. The van der Waals surface area contributed by atoms with E-state index in [1.54, 1.807) is 51.4 Å². The lowest BCUT2D eigenvalue weighted by Crippen LogP contribution is -2.41. The van der Waals surface area contributed by atoms with Crippen LogP contribution in [0.25, 0.3) is 0 Å². The van der Waals surface area contributed by atoms with E-state index in [0.29, 0.717) is 21.7 Å². The van der Waals surface area contributed by atoms with Crippen LogP contribution < -0.4 is 0 Å². The predicted octanol–water partition coefficient (Wildman–Crippen LogP) is 32.2. The smallest absolute Gasteiger partial charge is 0.0257 e. The molecule has 12 saturated carbocycles. The van der Waals surface area contributed by atoms with E-state index in [0.717, 1.165) is 100 Å². The minimum atomic E-state index is 0.375. The molecule has 0 heterocycles. The highest BCUT2D eigenvalue weighted by molar-refractivity contribution is 4.92. The summed E-state index contributed by atoms with van der Waals surface area (Å²) in [6.45, 7) is 56.5. The summed E-state index contributed by atoms with van der Waals surface area (Å²) in [4.78, 5) is 0. The fourth-order valence-electron chi connectivity index (χ4n) is 19.0. The summed E-state index contributed by atoms with van der Waals surface area (Å²) in [5.74, 6) is 17.0. The van der Waals surface area contributed by atoms with Gasteiger partial charge in [0.1, 0.15) is 0 Å². The Morgan fingerprint density at radius 2 is 0.747 bits per heavy atom. The predicted molar refractivity (Wildman–Crippen MR) is 417 cm³/mol. The van der Waals surface area contributed by atoms with Crippen LogP contribution in [0.15, 0.2) is 0 Å². The van der Waals surface area contributed by atoms with Gasteiger partial charge in [-0.15, -0.1) is 0 Å². The highest BCUT2D eigenvalue weighted by atomic mass is 14.5. The summed E-state index contributed by atoms with van der Waals surface area (Å²) in [5, 5.41) is 0. The van der Waals surface area contributed by atoms with E-state index in [1.165, 1.54) is 244 Å². The van der Waals surface area contributed by atoms with Gasteiger partial charge >= 0.3 is 0 Å². The van der Waals surface area contributed by atoms with E-state index in [2.05, 4.69) is 166 Å². The van der Waals surface area contributed by atoms with Gasteiger partial charge in [0.2, 0.25) is 0 Å². The molecule has 7 atom stereocenters. The summed E-state index contributed by atoms with van der Waals surface area (Å²) < 4.78 is 0. The van der Waals surface area contributed by atoms with Gasteiger partial charge in [-0.05, 0) is 199 Å². The zero-order valence-electron chi connectivity index (χ0n) is 68.3. The van der Waals surface area contributed by atoms with Crippen molar-refractivity contribution in [1.29, 1.82) is 0 Å². The van der Waals surface area contributed by atoms with Gasteiger partial charge in [0, 0.05) is 0 Å². The van der Waals surface area contributed by atoms with Crippen molar-refractivity contribution in [2.45, 2.75) is 462 Å². The molecule has 0 nitrogen and oxygen atoms in total. The molecule has 12 rings (SSSR count). The van der Waals surface area contributed by atoms with Crippen molar-refractivity contribution in [2.24, 2.45) is 122 Å². The Morgan fingerprint density at radius 3 is 0.989 bits per heavy atom. The Balaban J connectivity index is 0.000000341. The van der Waals surface area contributed by atoms with Gasteiger partial charge in [-0.1, -0.05) is 384 Å². The molecule has 0 N–H and O–H groups in total. The summed E-state index contributed by atoms with van der Waals surface area (Å²) in [6.07, 6.45) is 68.5. The first-order chi connectivity index (χ1) is 42.8. The maximum atomic E-state index is 2.44. The molecule has 0 spiro atoms. The van der Waals surface area contributed by atoms with Gasteiger partial charge < -0.3 is 0 Å². The SMILES string of the molecule is CC(C)(C)C(C)(C)C(C)(C)C.CC(C)C1CCCC1.CC1(C)CCCCC1.CC1C2CCC1CC2.CC1CCC(C)CC1.CC1CCCC[C@H]1C.CC1CCC[C@@H](C)C1.CCC1(C)CCCC1.CCC1CCCCC1.CCCC1CCCC1.C[C@H]1CC2CCC1C2. The average Bonchev–Trinajstić information content (AvgIpc) is 2.05. The summed E-state index contributed by atoms with van der Waals surface area (Å²) in [7, 11) is 0. The second kappa shape index (κ2) is 46.4. The molecular formula is C91H180. The van der Waals surface area contributed by atoms with Crippen LogP contribution in [0.4, 0.5) is 0 Å². The molecule has 0 aliphatic heterocycles. The van der Waals surface area contributed by atoms with E-state index in [1.807, 2.05) is 0 Å². The quantitative estimate of drug-likeness (QED) is 0.257. The lowest BCUT2D eigenvalue weighted by molar-refractivity contribution is 0.00575. The molecule has 0 amide bonds. The first-order valence-corrected chi connectivity index (χ1v) is 42.8. The third-order valence-corrected chi connectivity index (χ3v) is 28.9. The first-order valence-electron chi connectivity index (χ1n) is 42.8. The van der Waals surface area contributed by atoms with Crippen molar-refractivity contribution in [1.82, 2.24) is 0 Å². The van der Waals surface area contributed by atoms with Crippen LogP contribution in [0.3, 0.4) is 0 Å². The standard InChI is InChI=1S/C11H24.2C8H14.8C8H16/c1-9(2,3)11(7,8)10(4,5)6;1-6-4-7-2-3-8(6)5-7;1-6-7-2-3-8(6)5-4-7;1-7-3-5-8(2)6-4-7;1-7-4-3-5-8(2)6-7;1-8(2)6-4-3-5-7-8;1-7-5-3-4-6-8(7)2;1-7(2)8-5-3-4-6-8;1-3-8(2)6-4-5-7-8;1-2-8-6-4-3-5-7-8;1-2-5-8-6-3-4-7-8/h1-8H3;2*6-8H,2-5H2,1H3;2*7-8H,3-6H2,1-2H3;3-7H2,1-2H3;2*7-8H,3-6H2,1-2H3;3-7H2,1-2H3;2*8H,2-7H2,1H3/t;6-,7?,8?;;;7-,8?;;7-,8?;;;;/m.0..1.1..../s1. The summed E-state index contributed by atoms with van der Waals surface area (Å²) in [5.41, 5.74) is 2.55. The fraction of sp³-hybridized carbons (Fsp3) is 1.00. The van der Waals surface area contributed by atoms with Gasteiger partial charge in [0.25, 0.3) is 0 Å². The maximum Gasteiger partial charge on any atom is -0.0257 e. The second-order valence-electron chi connectivity index (χ2n) is 39.5. The molecule has 0 aromatic rings. The molecule has 12 fully saturated rings.